The summed E-state index contributed by atoms with van der Waals surface area (Å²) in [5, 5.41) is 22.1. The summed E-state index contributed by atoms with van der Waals surface area (Å²) in [6.07, 6.45) is -0.704. The molecule has 0 saturated carbocycles. The lowest BCUT2D eigenvalue weighted by atomic mass is 9.92. The zero-order valence-electron chi connectivity index (χ0n) is 15.5. The van der Waals surface area contributed by atoms with E-state index in [0.717, 1.165) is 31.5 Å². The molecule has 2 saturated heterocycles. The molecule has 0 bridgehead atoms. The molecule has 0 amide bonds. The van der Waals surface area contributed by atoms with Gasteiger partial charge in [-0.2, -0.15) is 0 Å². The minimum absolute atomic E-state index is 0.0390. The maximum atomic E-state index is 13.8. The second-order valence-corrected chi connectivity index (χ2v) is 7.73. The molecule has 144 valence electrons. The molecular formula is C20H24F2N4O. The normalized spacial score (nSPS) is 25.1. The standard InChI is InChI=1S/C20H24F2N4O/c1-11-3-4-13(17(27)8-11)19-14(20(21)22)9-18(24-25-19)26-6-5-15-16(26)7-12(2)10-23-15/h3-4,8-9,12,15-16,20,23,27H,5-7,10H2,1-2H3/t12?,15-,16+/m0/s1. The van der Waals surface area contributed by atoms with Crippen LogP contribution in [0.15, 0.2) is 24.3 Å². The Hall–Kier alpha value is -2.28. The fraction of sp³-hybridized carbons (Fsp3) is 0.500. The Morgan fingerprint density at radius 3 is 2.81 bits per heavy atom. The summed E-state index contributed by atoms with van der Waals surface area (Å²) in [7, 11) is 0. The van der Waals surface area contributed by atoms with Crippen molar-refractivity contribution >= 4 is 5.82 Å². The largest absolute Gasteiger partial charge is 0.507 e. The number of fused-ring (bicyclic) bond motifs is 1. The van der Waals surface area contributed by atoms with E-state index in [0.29, 0.717) is 17.8 Å². The number of nitrogens with one attached hydrogen (secondary N) is 1. The Morgan fingerprint density at radius 2 is 2.07 bits per heavy atom. The van der Waals surface area contributed by atoms with Gasteiger partial charge in [0.15, 0.2) is 5.82 Å². The van der Waals surface area contributed by atoms with Gasteiger partial charge in [-0.15, -0.1) is 10.2 Å². The number of piperidine rings is 1. The Kier molecular flexibility index (Phi) is 4.72. The molecule has 2 N–H and O–H groups in total. The van der Waals surface area contributed by atoms with E-state index in [1.54, 1.807) is 18.2 Å². The number of phenols is 1. The highest BCUT2D eigenvalue weighted by Crippen LogP contribution is 2.38. The molecule has 5 nitrogen and oxygen atoms in total. The molecule has 1 aromatic heterocycles. The fourth-order valence-corrected chi connectivity index (χ4v) is 4.27. The molecule has 2 aliphatic rings. The molecule has 0 spiro atoms. The molecule has 1 unspecified atom stereocenters. The number of alkyl halides is 2. The first-order chi connectivity index (χ1) is 12.9. The van der Waals surface area contributed by atoms with Crippen molar-refractivity contribution in [1.82, 2.24) is 15.5 Å². The van der Waals surface area contributed by atoms with Crippen LogP contribution in [0.2, 0.25) is 0 Å². The summed E-state index contributed by atoms with van der Waals surface area (Å²) in [6, 6.07) is 6.98. The third-order valence-corrected chi connectivity index (χ3v) is 5.67. The molecule has 2 fully saturated rings. The lowest BCUT2D eigenvalue weighted by Crippen LogP contribution is -2.50. The van der Waals surface area contributed by atoms with Crippen molar-refractivity contribution in [3.8, 4) is 17.0 Å². The van der Waals surface area contributed by atoms with E-state index in [9.17, 15) is 13.9 Å². The highest BCUT2D eigenvalue weighted by Gasteiger charge is 2.39. The highest BCUT2D eigenvalue weighted by molar-refractivity contribution is 5.71. The molecule has 2 aliphatic heterocycles. The van der Waals surface area contributed by atoms with Crippen molar-refractivity contribution in [2.45, 2.75) is 45.2 Å². The number of phenolic OH excluding ortho intramolecular Hbond substituents is 1. The van der Waals surface area contributed by atoms with Crippen molar-refractivity contribution in [3.05, 3.63) is 35.4 Å². The minimum Gasteiger partial charge on any atom is -0.507 e. The van der Waals surface area contributed by atoms with Gasteiger partial charge in [-0.3, -0.25) is 0 Å². The maximum Gasteiger partial charge on any atom is 0.266 e. The van der Waals surface area contributed by atoms with Gasteiger partial charge in [0, 0.05) is 29.8 Å². The number of hydrogen-bond acceptors (Lipinski definition) is 5. The quantitative estimate of drug-likeness (QED) is 0.858. The first kappa shape index (κ1) is 18.1. The van der Waals surface area contributed by atoms with Crippen LogP contribution in [0.25, 0.3) is 11.3 Å². The summed E-state index contributed by atoms with van der Waals surface area (Å²) < 4.78 is 27.6. The Morgan fingerprint density at radius 1 is 1.26 bits per heavy atom. The van der Waals surface area contributed by atoms with Gasteiger partial charge in [0.2, 0.25) is 0 Å². The van der Waals surface area contributed by atoms with Crippen molar-refractivity contribution in [3.63, 3.8) is 0 Å². The van der Waals surface area contributed by atoms with E-state index in [1.165, 1.54) is 6.07 Å². The molecule has 4 rings (SSSR count). The second-order valence-electron chi connectivity index (χ2n) is 7.73. The van der Waals surface area contributed by atoms with Gasteiger partial charge in [-0.05, 0) is 56.0 Å². The Labute approximate surface area is 157 Å². The zero-order chi connectivity index (χ0) is 19.1. The van der Waals surface area contributed by atoms with E-state index in [4.69, 9.17) is 0 Å². The van der Waals surface area contributed by atoms with E-state index >= 15 is 0 Å². The third kappa shape index (κ3) is 3.36. The molecule has 0 radical (unpaired) electrons. The van der Waals surface area contributed by atoms with E-state index < -0.39 is 6.43 Å². The average molecular weight is 374 g/mol. The van der Waals surface area contributed by atoms with Crippen LogP contribution in [-0.4, -0.2) is 40.5 Å². The van der Waals surface area contributed by atoms with Gasteiger partial charge in [0.1, 0.15) is 11.4 Å². The van der Waals surface area contributed by atoms with Gasteiger partial charge < -0.3 is 15.3 Å². The number of aromatic nitrogens is 2. The summed E-state index contributed by atoms with van der Waals surface area (Å²) in [5.74, 6) is 0.965. The first-order valence-electron chi connectivity index (χ1n) is 9.40. The van der Waals surface area contributed by atoms with Gasteiger partial charge in [-0.1, -0.05) is 13.0 Å². The Balaban J connectivity index is 1.71. The maximum absolute atomic E-state index is 13.8. The number of rotatable bonds is 3. The molecule has 0 aliphatic carbocycles. The highest BCUT2D eigenvalue weighted by atomic mass is 19.3. The molecule has 3 atom stereocenters. The number of nitrogens with zero attached hydrogens (tertiary/aromatic N) is 3. The lowest BCUT2D eigenvalue weighted by Gasteiger charge is -2.36. The SMILES string of the molecule is Cc1ccc(-c2nnc(N3CC[C@@H]4NCC(C)C[C@H]43)cc2C(F)F)c(O)c1. The smallest absolute Gasteiger partial charge is 0.266 e. The van der Waals surface area contributed by atoms with Crippen LogP contribution in [0.5, 0.6) is 5.75 Å². The predicted molar refractivity (Wildman–Crippen MR) is 100 cm³/mol. The number of halogens is 2. The monoisotopic (exact) mass is 374 g/mol. The predicted octanol–water partition coefficient (Wildman–Crippen LogP) is 3.67. The Bertz CT molecular complexity index is 845. The van der Waals surface area contributed by atoms with Crippen molar-refractivity contribution in [2.24, 2.45) is 5.92 Å². The fourth-order valence-electron chi connectivity index (χ4n) is 4.27. The topological polar surface area (TPSA) is 61.3 Å². The molecule has 1 aromatic carbocycles. The molecule has 7 heteroatoms. The minimum atomic E-state index is -2.70. The van der Waals surface area contributed by atoms with Crippen LogP contribution in [0, 0.1) is 12.8 Å². The molecule has 2 aromatic rings. The van der Waals surface area contributed by atoms with Crippen LogP contribution in [0.4, 0.5) is 14.6 Å². The summed E-state index contributed by atoms with van der Waals surface area (Å²) in [6.45, 7) is 5.80. The third-order valence-electron chi connectivity index (χ3n) is 5.67. The van der Waals surface area contributed by atoms with E-state index in [2.05, 4.69) is 27.3 Å². The summed E-state index contributed by atoms with van der Waals surface area (Å²) in [4.78, 5) is 2.10. The van der Waals surface area contributed by atoms with Gasteiger partial charge in [-0.25, -0.2) is 8.78 Å². The van der Waals surface area contributed by atoms with Crippen LogP contribution >= 0.6 is 0 Å². The molecular weight excluding hydrogens is 350 g/mol. The number of aryl methyl sites for hydroxylation is 1. The first-order valence-corrected chi connectivity index (χ1v) is 9.40. The van der Waals surface area contributed by atoms with Gasteiger partial charge >= 0.3 is 0 Å². The molecule has 3 heterocycles. The lowest BCUT2D eigenvalue weighted by molar-refractivity contribution is 0.151. The van der Waals surface area contributed by atoms with Crippen LogP contribution in [0.1, 0.15) is 37.3 Å². The van der Waals surface area contributed by atoms with E-state index in [-0.39, 0.29) is 28.6 Å². The van der Waals surface area contributed by atoms with E-state index in [1.807, 2.05) is 6.92 Å². The number of aromatic hydroxyl groups is 1. The number of hydrogen-bond donors (Lipinski definition) is 2. The zero-order valence-corrected chi connectivity index (χ0v) is 15.5. The van der Waals surface area contributed by atoms with Crippen LogP contribution in [0.3, 0.4) is 0 Å². The summed E-state index contributed by atoms with van der Waals surface area (Å²) >= 11 is 0. The second kappa shape index (κ2) is 7.03. The van der Waals surface area contributed by atoms with Crippen molar-refractivity contribution in [2.75, 3.05) is 18.0 Å². The van der Waals surface area contributed by atoms with Gasteiger partial charge in [0.05, 0.1) is 0 Å². The number of benzene rings is 1. The summed E-state index contributed by atoms with van der Waals surface area (Å²) in [5.41, 5.74) is 0.972. The molecule has 27 heavy (non-hydrogen) atoms. The van der Waals surface area contributed by atoms with Gasteiger partial charge in [0.25, 0.3) is 6.43 Å². The van der Waals surface area contributed by atoms with Crippen LogP contribution < -0.4 is 10.2 Å². The van der Waals surface area contributed by atoms with Crippen molar-refractivity contribution < 1.29 is 13.9 Å². The van der Waals surface area contributed by atoms with Crippen molar-refractivity contribution in [1.29, 1.82) is 0 Å². The average Bonchev–Trinajstić information content (AvgIpc) is 3.04. The number of anilines is 1. The van der Waals surface area contributed by atoms with Crippen LogP contribution in [-0.2, 0) is 0 Å².